The van der Waals surface area contributed by atoms with E-state index in [2.05, 4.69) is 15.6 Å². The summed E-state index contributed by atoms with van der Waals surface area (Å²) in [5, 5.41) is 6.07. The molecule has 120 valence electrons. The van der Waals surface area contributed by atoms with Crippen LogP contribution in [0.15, 0.2) is 29.3 Å². The van der Waals surface area contributed by atoms with Crippen molar-refractivity contribution in [2.75, 3.05) is 11.9 Å². The van der Waals surface area contributed by atoms with Crippen molar-refractivity contribution in [2.24, 2.45) is 16.6 Å². The molecule has 5 heteroatoms. The molecule has 0 radical (unpaired) electrons. The first-order valence-corrected chi connectivity index (χ1v) is 8.10. The highest BCUT2D eigenvalue weighted by atomic mass is 16.1. The summed E-state index contributed by atoms with van der Waals surface area (Å²) in [6, 6.07) is 7.73. The lowest BCUT2D eigenvalue weighted by Crippen LogP contribution is -2.37. The van der Waals surface area contributed by atoms with Crippen LogP contribution in [0.3, 0.4) is 0 Å². The van der Waals surface area contributed by atoms with E-state index in [1.165, 1.54) is 19.3 Å². The van der Waals surface area contributed by atoms with Gasteiger partial charge >= 0.3 is 0 Å². The normalized spacial score (nSPS) is 15.2. The molecule has 4 N–H and O–H groups in total. The molecule has 1 amide bonds. The fourth-order valence-corrected chi connectivity index (χ4v) is 2.38. The highest BCUT2D eigenvalue weighted by Crippen LogP contribution is 2.24. The molecule has 0 aliphatic heterocycles. The number of carbonyl (C=O) groups is 1. The third-order valence-corrected chi connectivity index (χ3v) is 3.92. The van der Waals surface area contributed by atoms with Crippen molar-refractivity contribution >= 4 is 17.6 Å². The van der Waals surface area contributed by atoms with E-state index in [-0.39, 0.29) is 5.91 Å². The predicted octanol–water partition coefficient (Wildman–Crippen LogP) is 2.63. The monoisotopic (exact) mass is 302 g/mol. The van der Waals surface area contributed by atoms with Crippen LogP contribution in [0.25, 0.3) is 0 Å². The lowest BCUT2D eigenvalue weighted by Gasteiger charge is -2.25. The number of rotatable bonds is 7. The summed E-state index contributed by atoms with van der Waals surface area (Å²) in [6.45, 7) is 3.42. The Morgan fingerprint density at radius 1 is 1.41 bits per heavy atom. The van der Waals surface area contributed by atoms with E-state index in [9.17, 15) is 4.79 Å². The van der Waals surface area contributed by atoms with Crippen LogP contribution in [0.1, 0.15) is 44.6 Å². The quantitative estimate of drug-likeness (QED) is 0.535. The Labute approximate surface area is 132 Å². The zero-order chi connectivity index (χ0) is 15.8. The smallest absolute Gasteiger partial charge is 0.224 e. The molecule has 22 heavy (non-hydrogen) atoms. The number of nitrogens with one attached hydrogen (secondary N) is 2. The summed E-state index contributed by atoms with van der Waals surface area (Å²) in [6.07, 6.45) is 5.30. The summed E-state index contributed by atoms with van der Waals surface area (Å²) in [5.74, 6) is 1.29. The van der Waals surface area contributed by atoms with Gasteiger partial charge in [0.05, 0.1) is 6.54 Å². The molecule has 0 spiro atoms. The van der Waals surface area contributed by atoms with Crippen molar-refractivity contribution < 1.29 is 4.79 Å². The molecule has 1 saturated carbocycles. The van der Waals surface area contributed by atoms with Crippen LogP contribution in [-0.4, -0.2) is 18.4 Å². The average Bonchev–Trinajstić information content (AvgIpc) is 2.44. The maximum atomic E-state index is 11.6. The second-order valence-electron chi connectivity index (χ2n) is 5.88. The van der Waals surface area contributed by atoms with Crippen LogP contribution >= 0.6 is 0 Å². The molecular weight excluding hydrogens is 276 g/mol. The zero-order valence-corrected chi connectivity index (χ0v) is 13.3. The van der Waals surface area contributed by atoms with E-state index >= 15 is 0 Å². The predicted molar refractivity (Wildman–Crippen MR) is 90.6 cm³/mol. The molecule has 1 aliphatic carbocycles. The molecule has 1 aromatic carbocycles. The number of hydrogen-bond acceptors (Lipinski definition) is 2. The first kappa shape index (κ1) is 16.3. The number of amides is 1. The topological polar surface area (TPSA) is 79.5 Å². The molecule has 1 aromatic rings. The fraction of sp³-hybridized carbons (Fsp3) is 0.529. The summed E-state index contributed by atoms with van der Waals surface area (Å²) in [7, 11) is 0. The molecule has 0 atom stereocenters. The second-order valence-corrected chi connectivity index (χ2v) is 5.88. The van der Waals surface area contributed by atoms with Crippen LogP contribution in [0, 0.1) is 5.92 Å². The minimum absolute atomic E-state index is 0.0461. The van der Waals surface area contributed by atoms with Crippen molar-refractivity contribution in [3.63, 3.8) is 0 Å². The van der Waals surface area contributed by atoms with Crippen molar-refractivity contribution in [2.45, 2.75) is 45.6 Å². The number of benzene rings is 1. The third kappa shape index (κ3) is 5.39. The first-order valence-electron chi connectivity index (χ1n) is 8.10. The Kier molecular flexibility index (Phi) is 6.25. The average molecular weight is 302 g/mol. The van der Waals surface area contributed by atoms with Crippen LogP contribution in [0.4, 0.5) is 5.69 Å². The van der Waals surface area contributed by atoms with Crippen molar-refractivity contribution in [3.05, 3.63) is 29.8 Å². The molecule has 5 nitrogen and oxygen atoms in total. The van der Waals surface area contributed by atoms with Crippen LogP contribution in [0.5, 0.6) is 0 Å². The lowest BCUT2D eigenvalue weighted by molar-refractivity contribution is -0.116. The third-order valence-electron chi connectivity index (χ3n) is 3.92. The Morgan fingerprint density at radius 3 is 2.91 bits per heavy atom. The van der Waals surface area contributed by atoms with Gasteiger partial charge in [0.2, 0.25) is 5.91 Å². The molecule has 1 aliphatic rings. The van der Waals surface area contributed by atoms with E-state index in [0.29, 0.717) is 18.9 Å². The number of nitrogens with two attached hydrogens (primary N) is 1. The summed E-state index contributed by atoms with van der Waals surface area (Å²) >= 11 is 0. The van der Waals surface area contributed by atoms with Gasteiger partial charge in [-0.15, -0.1) is 0 Å². The zero-order valence-electron chi connectivity index (χ0n) is 13.3. The van der Waals surface area contributed by atoms with Crippen molar-refractivity contribution in [1.82, 2.24) is 5.32 Å². The second kappa shape index (κ2) is 8.41. The van der Waals surface area contributed by atoms with Crippen LogP contribution in [0.2, 0.25) is 0 Å². The number of carbonyl (C=O) groups excluding carboxylic acids is 1. The number of anilines is 1. The lowest BCUT2D eigenvalue weighted by atomic mass is 9.85. The first-order chi connectivity index (χ1) is 10.7. The fourth-order valence-electron chi connectivity index (χ4n) is 2.38. The van der Waals surface area contributed by atoms with Gasteiger partial charge in [-0.3, -0.25) is 4.79 Å². The van der Waals surface area contributed by atoms with Gasteiger partial charge in [0.25, 0.3) is 0 Å². The summed E-state index contributed by atoms with van der Waals surface area (Å²) in [5.41, 5.74) is 7.72. The van der Waals surface area contributed by atoms with E-state index < -0.39 is 0 Å². The Bertz CT molecular complexity index is 523. The van der Waals surface area contributed by atoms with Gasteiger partial charge in [-0.05, 0) is 42.9 Å². The molecule has 0 saturated heterocycles. The standard InChI is InChI=1S/C17H26N4O/c1-2-5-16(22)21-15-9-4-8-14(10-15)12-20-17(18)19-11-13-6-3-7-13/h4,8-10,13H,2-3,5-7,11-12H2,1H3,(H,21,22)(H3,18,19,20). The van der Waals surface area contributed by atoms with Gasteiger partial charge in [-0.2, -0.15) is 0 Å². The number of nitrogens with zero attached hydrogens (tertiary/aromatic N) is 1. The molecule has 0 heterocycles. The summed E-state index contributed by atoms with van der Waals surface area (Å²) in [4.78, 5) is 16.0. The van der Waals surface area contributed by atoms with Gasteiger partial charge in [-0.1, -0.05) is 25.5 Å². The Hall–Kier alpha value is -2.04. The number of guanidine groups is 1. The van der Waals surface area contributed by atoms with Gasteiger partial charge < -0.3 is 16.4 Å². The summed E-state index contributed by atoms with van der Waals surface area (Å²) < 4.78 is 0. The van der Waals surface area contributed by atoms with Gasteiger partial charge in [0, 0.05) is 18.7 Å². The van der Waals surface area contributed by atoms with E-state index in [1.54, 1.807) is 0 Å². The Morgan fingerprint density at radius 2 is 2.23 bits per heavy atom. The maximum Gasteiger partial charge on any atom is 0.224 e. The van der Waals surface area contributed by atoms with Crippen molar-refractivity contribution in [3.8, 4) is 0 Å². The molecule has 2 rings (SSSR count). The Balaban J connectivity index is 1.82. The number of aliphatic imine (C=N–C) groups is 1. The minimum Gasteiger partial charge on any atom is -0.370 e. The minimum atomic E-state index is 0.0461. The maximum absolute atomic E-state index is 11.6. The highest BCUT2D eigenvalue weighted by Gasteiger charge is 2.16. The molecule has 0 aromatic heterocycles. The van der Waals surface area contributed by atoms with Crippen LogP contribution in [-0.2, 0) is 11.3 Å². The van der Waals surface area contributed by atoms with E-state index in [0.717, 1.165) is 30.1 Å². The largest absolute Gasteiger partial charge is 0.370 e. The van der Waals surface area contributed by atoms with E-state index in [4.69, 9.17) is 5.73 Å². The van der Waals surface area contributed by atoms with Crippen molar-refractivity contribution in [1.29, 1.82) is 0 Å². The highest BCUT2D eigenvalue weighted by molar-refractivity contribution is 5.90. The van der Waals surface area contributed by atoms with Gasteiger partial charge in [0.1, 0.15) is 0 Å². The SMILES string of the molecule is CCCC(=O)Nc1cccc(CN=C(N)NCC2CCC2)c1. The van der Waals surface area contributed by atoms with Gasteiger partial charge in [0.15, 0.2) is 5.96 Å². The molecular formula is C17H26N4O. The molecule has 1 fully saturated rings. The van der Waals surface area contributed by atoms with Crippen LogP contribution < -0.4 is 16.4 Å². The number of hydrogen-bond donors (Lipinski definition) is 3. The van der Waals surface area contributed by atoms with E-state index in [1.807, 2.05) is 31.2 Å². The van der Waals surface area contributed by atoms with Gasteiger partial charge in [-0.25, -0.2) is 4.99 Å². The molecule has 0 bridgehead atoms. The molecule has 0 unspecified atom stereocenters.